The molecule has 86 valence electrons. The number of hydrogen-bond donors (Lipinski definition) is 0. The SMILES string of the molecule is C=C(C)C1=CCC(C)C2CC(=O)C(C)=CC12. The fourth-order valence-corrected chi connectivity index (χ4v) is 2.95. The molecule has 2 aliphatic carbocycles. The minimum absolute atomic E-state index is 0.330. The van der Waals surface area contributed by atoms with E-state index in [4.69, 9.17) is 0 Å². The van der Waals surface area contributed by atoms with Crippen LogP contribution in [0.5, 0.6) is 0 Å². The highest BCUT2D eigenvalue weighted by Gasteiger charge is 2.36. The molecule has 0 aromatic carbocycles. The summed E-state index contributed by atoms with van der Waals surface area (Å²) in [5, 5.41) is 0. The van der Waals surface area contributed by atoms with Crippen LogP contribution in [0, 0.1) is 17.8 Å². The molecular weight excluding hydrogens is 196 g/mol. The van der Waals surface area contributed by atoms with Crippen LogP contribution in [0.2, 0.25) is 0 Å². The van der Waals surface area contributed by atoms with Crippen molar-refractivity contribution in [2.24, 2.45) is 17.8 Å². The minimum atomic E-state index is 0.330. The maximum absolute atomic E-state index is 11.8. The molecule has 1 nitrogen and oxygen atoms in total. The van der Waals surface area contributed by atoms with E-state index in [0.717, 1.165) is 24.0 Å². The molecule has 0 heterocycles. The van der Waals surface area contributed by atoms with Gasteiger partial charge >= 0.3 is 0 Å². The van der Waals surface area contributed by atoms with Crippen LogP contribution in [0.4, 0.5) is 0 Å². The van der Waals surface area contributed by atoms with Crippen LogP contribution >= 0.6 is 0 Å². The van der Waals surface area contributed by atoms with Crippen molar-refractivity contribution in [3.05, 3.63) is 35.5 Å². The van der Waals surface area contributed by atoms with Crippen LogP contribution < -0.4 is 0 Å². The summed E-state index contributed by atoms with van der Waals surface area (Å²) < 4.78 is 0. The van der Waals surface area contributed by atoms with Crippen molar-refractivity contribution in [1.29, 1.82) is 0 Å². The molecule has 0 aliphatic heterocycles. The Kier molecular flexibility index (Phi) is 2.88. The molecule has 0 amide bonds. The Hall–Kier alpha value is -1.11. The zero-order chi connectivity index (χ0) is 11.9. The van der Waals surface area contributed by atoms with Gasteiger partial charge in [-0.15, -0.1) is 0 Å². The topological polar surface area (TPSA) is 17.1 Å². The van der Waals surface area contributed by atoms with Gasteiger partial charge in [0.25, 0.3) is 0 Å². The normalized spacial score (nSPS) is 33.9. The largest absolute Gasteiger partial charge is 0.295 e. The third kappa shape index (κ3) is 1.79. The van der Waals surface area contributed by atoms with E-state index in [2.05, 4.69) is 32.6 Å². The number of allylic oxidation sites excluding steroid dienone is 5. The lowest BCUT2D eigenvalue weighted by Crippen LogP contribution is -2.32. The Morgan fingerprint density at radius 3 is 2.81 bits per heavy atom. The van der Waals surface area contributed by atoms with Crippen LogP contribution in [-0.2, 0) is 4.79 Å². The quantitative estimate of drug-likeness (QED) is 0.653. The van der Waals surface area contributed by atoms with Gasteiger partial charge in [-0.1, -0.05) is 31.2 Å². The van der Waals surface area contributed by atoms with Gasteiger partial charge in [0.15, 0.2) is 5.78 Å². The van der Waals surface area contributed by atoms with Crippen molar-refractivity contribution in [3.8, 4) is 0 Å². The van der Waals surface area contributed by atoms with E-state index >= 15 is 0 Å². The highest BCUT2D eigenvalue weighted by atomic mass is 16.1. The van der Waals surface area contributed by atoms with Gasteiger partial charge in [-0.05, 0) is 43.3 Å². The molecule has 16 heavy (non-hydrogen) atoms. The van der Waals surface area contributed by atoms with Crippen LogP contribution in [0.1, 0.15) is 33.6 Å². The maximum Gasteiger partial charge on any atom is 0.158 e. The van der Waals surface area contributed by atoms with E-state index in [1.807, 2.05) is 6.92 Å². The van der Waals surface area contributed by atoms with Gasteiger partial charge < -0.3 is 0 Å². The number of Topliss-reactive ketones (excluding diaryl/α,β-unsaturated/α-hetero) is 1. The fourth-order valence-electron chi connectivity index (χ4n) is 2.95. The first-order chi connectivity index (χ1) is 7.50. The van der Waals surface area contributed by atoms with Crippen LogP contribution in [0.15, 0.2) is 35.5 Å². The number of hydrogen-bond acceptors (Lipinski definition) is 1. The van der Waals surface area contributed by atoms with Crippen molar-refractivity contribution in [2.75, 3.05) is 0 Å². The Morgan fingerprint density at radius 2 is 2.19 bits per heavy atom. The Balaban J connectivity index is 2.41. The molecule has 0 aromatic heterocycles. The molecular formula is C15H20O. The molecule has 0 fully saturated rings. The summed E-state index contributed by atoms with van der Waals surface area (Å²) in [6.07, 6.45) is 6.28. The third-order valence-electron chi connectivity index (χ3n) is 4.04. The van der Waals surface area contributed by atoms with Crippen molar-refractivity contribution in [3.63, 3.8) is 0 Å². The predicted molar refractivity (Wildman–Crippen MR) is 67.0 cm³/mol. The summed E-state index contributed by atoms with van der Waals surface area (Å²) in [5.74, 6) is 1.87. The molecule has 2 aliphatic rings. The van der Waals surface area contributed by atoms with Gasteiger partial charge in [0, 0.05) is 12.3 Å². The summed E-state index contributed by atoms with van der Waals surface area (Å²) in [6.45, 7) is 10.3. The van der Waals surface area contributed by atoms with E-state index in [0.29, 0.717) is 23.5 Å². The summed E-state index contributed by atoms with van der Waals surface area (Å²) in [6, 6.07) is 0. The first kappa shape index (κ1) is 11.4. The van der Waals surface area contributed by atoms with Crippen LogP contribution in [-0.4, -0.2) is 5.78 Å². The zero-order valence-corrected chi connectivity index (χ0v) is 10.4. The number of carbonyl (C=O) groups is 1. The summed E-state index contributed by atoms with van der Waals surface area (Å²) in [5.41, 5.74) is 3.44. The smallest absolute Gasteiger partial charge is 0.158 e. The Morgan fingerprint density at radius 1 is 1.50 bits per heavy atom. The van der Waals surface area contributed by atoms with E-state index in [1.54, 1.807) is 0 Å². The van der Waals surface area contributed by atoms with E-state index in [9.17, 15) is 4.79 Å². The summed E-state index contributed by atoms with van der Waals surface area (Å²) >= 11 is 0. The second-order valence-corrected chi connectivity index (χ2v) is 5.32. The standard InChI is InChI=1S/C15H20O/c1-9(2)12-6-5-10(3)13-8-15(16)11(4)7-14(12)13/h6-7,10,13-14H,1,5,8H2,2-4H3. The number of ketones is 1. The van der Waals surface area contributed by atoms with Gasteiger partial charge in [-0.3, -0.25) is 4.79 Å². The lowest BCUT2D eigenvalue weighted by molar-refractivity contribution is -0.117. The van der Waals surface area contributed by atoms with Gasteiger partial charge in [0.1, 0.15) is 0 Å². The van der Waals surface area contributed by atoms with Gasteiger partial charge in [-0.2, -0.15) is 0 Å². The number of carbonyl (C=O) groups excluding carboxylic acids is 1. The average Bonchev–Trinajstić information content (AvgIpc) is 2.21. The molecule has 0 saturated carbocycles. The highest BCUT2D eigenvalue weighted by Crippen LogP contribution is 2.43. The first-order valence-electron chi connectivity index (χ1n) is 6.08. The zero-order valence-electron chi connectivity index (χ0n) is 10.4. The molecule has 1 heteroatoms. The lowest BCUT2D eigenvalue weighted by atomic mass is 9.66. The molecule has 0 N–H and O–H groups in total. The van der Waals surface area contributed by atoms with Crippen LogP contribution in [0.25, 0.3) is 0 Å². The number of rotatable bonds is 1. The average molecular weight is 216 g/mol. The van der Waals surface area contributed by atoms with Gasteiger partial charge in [-0.25, -0.2) is 0 Å². The number of fused-ring (bicyclic) bond motifs is 1. The van der Waals surface area contributed by atoms with Crippen molar-refractivity contribution >= 4 is 5.78 Å². The summed E-state index contributed by atoms with van der Waals surface area (Å²) in [7, 11) is 0. The fraction of sp³-hybridized carbons (Fsp3) is 0.533. The molecule has 3 atom stereocenters. The molecule has 3 unspecified atom stereocenters. The molecule has 0 bridgehead atoms. The predicted octanol–water partition coefficient (Wildman–Crippen LogP) is 3.68. The van der Waals surface area contributed by atoms with E-state index in [-0.39, 0.29) is 0 Å². The minimum Gasteiger partial charge on any atom is -0.295 e. The molecule has 0 saturated heterocycles. The second-order valence-electron chi connectivity index (χ2n) is 5.32. The first-order valence-corrected chi connectivity index (χ1v) is 6.08. The molecule has 0 radical (unpaired) electrons. The van der Waals surface area contributed by atoms with Crippen molar-refractivity contribution < 1.29 is 4.79 Å². The molecule has 0 spiro atoms. The maximum atomic E-state index is 11.8. The van der Waals surface area contributed by atoms with Crippen molar-refractivity contribution in [2.45, 2.75) is 33.6 Å². The Labute approximate surface area is 97.9 Å². The van der Waals surface area contributed by atoms with Crippen molar-refractivity contribution in [1.82, 2.24) is 0 Å². The Bertz CT molecular complexity index is 398. The molecule has 2 rings (SSSR count). The van der Waals surface area contributed by atoms with Crippen LogP contribution in [0.3, 0.4) is 0 Å². The van der Waals surface area contributed by atoms with Gasteiger partial charge in [0.2, 0.25) is 0 Å². The summed E-state index contributed by atoms with van der Waals surface area (Å²) in [4.78, 5) is 11.8. The second kappa shape index (κ2) is 4.04. The lowest BCUT2D eigenvalue weighted by Gasteiger charge is -2.38. The van der Waals surface area contributed by atoms with Gasteiger partial charge in [0.05, 0.1) is 0 Å². The van der Waals surface area contributed by atoms with E-state index in [1.165, 1.54) is 5.57 Å². The molecule has 0 aromatic rings. The highest BCUT2D eigenvalue weighted by molar-refractivity contribution is 5.96. The van der Waals surface area contributed by atoms with E-state index < -0.39 is 0 Å². The monoisotopic (exact) mass is 216 g/mol. The third-order valence-corrected chi connectivity index (χ3v) is 4.04.